The quantitative estimate of drug-likeness (QED) is 0.177. The second kappa shape index (κ2) is 12.4. The average Bonchev–Trinajstić information content (AvgIpc) is 3.76. The second-order valence-electron chi connectivity index (χ2n) is 14.7. The first kappa shape index (κ1) is 31.8. The fourth-order valence-electron chi connectivity index (χ4n) is 8.70. The summed E-state index contributed by atoms with van der Waals surface area (Å²) in [6.07, 6.45) is 0. The van der Waals surface area contributed by atoms with Crippen LogP contribution in [0, 0.1) is 0 Å². The molecule has 1 unspecified atom stereocenters. The second-order valence-corrected chi connectivity index (χ2v) is 15.8. The number of fused-ring (bicyclic) bond motifs is 7. The maximum Gasteiger partial charge on any atom is 0.160 e. The predicted octanol–water partition coefficient (Wildman–Crippen LogP) is 14.0. The SMILES string of the molecule is CC1(c2ccccc2)c2ccccc2-c2ccc(-c3cc(-c4cccc(-c5ccc6sc7ccccc7c6c5)c4)nc(-c4ccc5ccccc5c4)n3)cc21. The van der Waals surface area contributed by atoms with Crippen molar-refractivity contribution in [1.29, 1.82) is 0 Å². The Bertz CT molecular complexity index is 3120. The van der Waals surface area contributed by atoms with Gasteiger partial charge in [0.2, 0.25) is 0 Å². The molecule has 0 saturated carbocycles. The number of thiophene rings is 1. The van der Waals surface area contributed by atoms with E-state index >= 15 is 0 Å². The third-order valence-corrected chi connectivity index (χ3v) is 12.7. The van der Waals surface area contributed by atoms with Crippen molar-refractivity contribution in [3.63, 3.8) is 0 Å². The van der Waals surface area contributed by atoms with Gasteiger partial charge in [0.15, 0.2) is 5.82 Å². The molecule has 258 valence electrons. The van der Waals surface area contributed by atoms with Crippen LogP contribution in [0.2, 0.25) is 0 Å². The molecule has 55 heavy (non-hydrogen) atoms. The van der Waals surface area contributed by atoms with Crippen molar-refractivity contribution in [2.45, 2.75) is 12.3 Å². The maximum atomic E-state index is 5.33. The van der Waals surface area contributed by atoms with Gasteiger partial charge in [0.05, 0.1) is 11.4 Å². The van der Waals surface area contributed by atoms with Gasteiger partial charge in [-0.2, -0.15) is 0 Å². The van der Waals surface area contributed by atoms with Gasteiger partial charge in [-0.15, -0.1) is 11.3 Å². The summed E-state index contributed by atoms with van der Waals surface area (Å²) in [5.74, 6) is 0.712. The Morgan fingerprint density at radius 2 is 1.05 bits per heavy atom. The molecule has 11 rings (SSSR count). The van der Waals surface area contributed by atoms with Crippen LogP contribution >= 0.6 is 11.3 Å². The zero-order valence-electron chi connectivity index (χ0n) is 30.2. The van der Waals surface area contributed by atoms with E-state index in [9.17, 15) is 0 Å². The van der Waals surface area contributed by atoms with Crippen molar-refractivity contribution in [1.82, 2.24) is 9.97 Å². The van der Waals surface area contributed by atoms with Crippen molar-refractivity contribution >= 4 is 42.3 Å². The summed E-state index contributed by atoms with van der Waals surface area (Å²) in [5, 5.41) is 4.97. The zero-order valence-corrected chi connectivity index (χ0v) is 31.0. The summed E-state index contributed by atoms with van der Waals surface area (Å²) in [6.45, 7) is 2.37. The minimum absolute atomic E-state index is 0.302. The molecule has 0 radical (unpaired) electrons. The molecule has 0 fully saturated rings. The van der Waals surface area contributed by atoms with Gasteiger partial charge in [-0.05, 0) is 99.1 Å². The lowest BCUT2D eigenvalue weighted by molar-refractivity contribution is 0.714. The number of nitrogens with zero attached hydrogens (tertiary/aromatic N) is 2. The van der Waals surface area contributed by atoms with Gasteiger partial charge in [-0.3, -0.25) is 0 Å². The van der Waals surface area contributed by atoms with Crippen molar-refractivity contribution in [2.24, 2.45) is 0 Å². The number of hydrogen-bond donors (Lipinski definition) is 0. The molecule has 0 saturated heterocycles. The lowest BCUT2D eigenvalue weighted by atomic mass is 9.74. The monoisotopic (exact) mass is 718 g/mol. The van der Waals surface area contributed by atoms with Crippen LogP contribution in [-0.4, -0.2) is 9.97 Å². The van der Waals surface area contributed by atoms with Gasteiger partial charge in [-0.1, -0.05) is 146 Å². The van der Waals surface area contributed by atoms with Gasteiger partial charge in [0.1, 0.15) is 0 Å². The van der Waals surface area contributed by atoms with Crippen LogP contribution in [0.4, 0.5) is 0 Å². The first-order valence-corrected chi connectivity index (χ1v) is 19.6. The van der Waals surface area contributed by atoms with E-state index in [1.165, 1.54) is 64.3 Å². The van der Waals surface area contributed by atoms with Gasteiger partial charge < -0.3 is 0 Å². The van der Waals surface area contributed by atoms with E-state index in [0.29, 0.717) is 5.82 Å². The third-order valence-electron chi connectivity index (χ3n) is 11.6. The molecule has 0 aliphatic heterocycles. The fourth-order valence-corrected chi connectivity index (χ4v) is 9.78. The van der Waals surface area contributed by atoms with Crippen molar-refractivity contribution in [3.8, 4) is 56.2 Å². The van der Waals surface area contributed by atoms with Crippen LogP contribution in [0.25, 0.3) is 87.1 Å². The molecule has 0 bridgehead atoms. The molecule has 0 spiro atoms. The summed E-state index contributed by atoms with van der Waals surface area (Å²) in [7, 11) is 0. The first-order chi connectivity index (χ1) is 27.1. The van der Waals surface area contributed by atoms with Crippen LogP contribution in [0.5, 0.6) is 0 Å². The Labute approximate surface area is 324 Å². The average molecular weight is 719 g/mol. The minimum Gasteiger partial charge on any atom is -0.228 e. The van der Waals surface area contributed by atoms with E-state index in [-0.39, 0.29) is 5.41 Å². The Morgan fingerprint density at radius 3 is 1.95 bits per heavy atom. The van der Waals surface area contributed by atoms with Crippen molar-refractivity contribution < 1.29 is 0 Å². The highest BCUT2D eigenvalue weighted by Gasteiger charge is 2.40. The predicted molar refractivity (Wildman–Crippen MR) is 232 cm³/mol. The summed E-state index contributed by atoms with van der Waals surface area (Å²) in [5.41, 5.74) is 13.5. The normalized spacial score (nSPS) is 14.7. The van der Waals surface area contributed by atoms with Crippen LogP contribution in [0.3, 0.4) is 0 Å². The summed E-state index contributed by atoms with van der Waals surface area (Å²) in [4.78, 5) is 10.6. The Morgan fingerprint density at radius 1 is 0.400 bits per heavy atom. The molecule has 0 N–H and O–H groups in total. The molecule has 2 heterocycles. The van der Waals surface area contributed by atoms with Crippen molar-refractivity contribution in [3.05, 3.63) is 205 Å². The van der Waals surface area contributed by atoms with Gasteiger partial charge in [0, 0.05) is 42.3 Å². The molecule has 1 aliphatic rings. The standard InChI is InChI=1S/C52H34N2S/c1-52(40-16-3-2-4-17-40)45-20-9-7-18-41(45)42-26-24-38(31-46(42)52)48-32-47(53-51(54-48)39-23-22-33-12-5-6-13-34(33)29-39)37-15-11-14-35(28-37)36-25-27-50-44(30-36)43-19-8-10-21-49(43)55-50/h2-32H,1H3. The summed E-state index contributed by atoms with van der Waals surface area (Å²) >= 11 is 1.85. The van der Waals surface area contributed by atoms with E-state index in [2.05, 4.69) is 195 Å². The number of aromatic nitrogens is 2. The van der Waals surface area contributed by atoms with Crippen LogP contribution < -0.4 is 0 Å². The number of hydrogen-bond acceptors (Lipinski definition) is 3. The third kappa shape index (κ3) is 5.15. The Kier molecular flexibility index (Phi) is 7.20. The smallest absolute Gasteiger partial charge is 0.160 e. The lowest BCUT2D eigenvalue weighted by Gasteiger charge is -2.28. The summed E-state index contributed by atoms with van der Waals surface area (Å²) in [6, 6.07) is 68.1. The maximum absolute atomic E-state index is 5.33. The number of benzene rings is 8. The molecule has 2 aromatic heterocycles. The molecular weight excluding hydrogens is 685 g/mol. The van der Waals surface area contributed by atoms with E-state index in [0.717, 1.165) is 33.6 Å². The molecule has 2 nitrogen and oxygen atoms in total. The van der Waals surface area contributed by atoms with Gasteiger partial charge in [0.25, 0.3) is 0 Å². The van der Waals surface area contributed by atoms with Crippen LogP contribution in [0.1, 0.15) is 23.6 Å². The van der Waals surface area contributed by atoms with Gasteiger partial charge >= 0.3 is 0 Å². The van der Waals surface area contributed by atoms with Crippen LogP contribution in [-0.2, 0) is 5.41 Å². The molecule has 10 aromatic rings. The van der Waals surface area contributed by atoms with E-state index in [4.69, 9.17) is 9.97 Å². The highest BCUT2D eigenvalue weighted by Crippen LogP contribution is 2.53. The van der Waals surface area contributed by atoms with E-state index < -0.39 is 0 Å². The van der Waals surface area contributed by atoms with Crippen molar-refractivity contribution in [2.75, 3.05) is 0 Å². The Balaban J connectivity index is 1.08. The number of rotatable bonds is 5. The topological polar surface area (TPSA) is 25.8 Å². The highest BCUT2D eigenvalue weighted by molar-refractivity contribution is 7.25. The molecule has 3 heteroatoms. The summed E-state index contributed by atoms with van der Waals surface area (Å²) < 4.78 is 2.63. The molecular formula is C52H34N2S. The highest BCUT2D eigenvalue weighted by atomic mass is 32.1. The fraction of sp³-hybridized carbons (Fsp3) is 0.0385. The molecule has 8 aromatic carbocycles. The van der Waals surface area contributed by atoms with E-state index in [1.807, 2.05) is 11.3 Å². The lowest BCUT2D eigenvalue weighted by Crippen LogP contribution is -2.22. The van der Waals surface area contributed by atoms with Gasteiger partial charge in [-0.25, -0.2) is 9.97 Å². The van der Waals surface area contributed by atoms with Crippen LogP contribution in [0.15, 0.2) is 188 Å². The van der Waals surface area contributed by atoms with E-state index in [1.54, 1.807) is 0 Å². The first-order valence-electron chi connectivity index (χ1n) is 18.8. The Hall–Kier alpha value is -6.68. The zero-order chi connectivity index (χ0) is 36.5. The molecule has 1 aliphatic carbocycles. The molecule has 1 atom stereocenters. The minimum atomic E-state index is -0.302. The largest absolute Gasteiger partial charge is 0.228 e. The molecule has 0 amide bonds.